The summed E-state index contributed by atoms with van der Waals surface area (Å²) in [6.45, 7) is 0. The van der Waals surface area contributed by atoms with Gasteiger partial charge in [-0.05, 0) is 57.7 Å². The summed E-state index contributed by atoms with van der Waals surface area (Å²) in [5, 5.41) is 2.28. The first kappa shape index (κ1) is 29.8. The van der Waals surface area contributed by atoms with E-state index in [9.17, 15) is 0 Å². The molecule has 0 saturated carbocycles. The van der Waals surface area contributed by atoms with Crippen molar-refractivity contribution in [2.24, 2.45) is 7.05 Å². The zero-order chi connectivity index (χ0) is 31.3. The first-order valence-electron chi connectivity index (χ1n) is 15.7. The molecular formula is C43H28N4Pt. The maximum Gasteiger partial charge on any atom is 2.00 e. The second-order valence-corrected chi connectivity index (χ2v) is 11.8. The summed E-state index contributed by atoms with van der Waals surface area (Å²) in [6, 6.07) is 58.4. The Hall–Kier alpha value is -5.57. The number of aryl methyl sites for hydroxylation is 1. The predicted molar refractivity (Wildman–Crippen MR) is 192 cm³/mol. The minimum absolute atomic E-state index is 0. The van der Waals surface area contributed by atoms with Crippen molar-refractivity contribution in [1.82, 2.24) is 19.1 Å². The topological polar surface area (TPSA) is 35.6 Å². The first-order valence-corrected chi connectivity index (χ1v) is 15.7. The van der Waals surface area contributed by atoms with Crippen molar-refractivity contribution in [1.29, 1.82) is 0 Å². The minimum Gasteiger partial charge on any atom is -0.367 e. The molecule has 0 saturated heterocycles. The van der Waals surface area contributed by atoms with Crippen LogP contribution in [0.5, 0.6) is 0 Å². The summed E-state index contributed by atoms with van der Waals surface area (Å²) in [5.41, 5.74) is 12.4. The van der Waals surface area contributed by atoms with Gasteiger partial charge in [0.15, 0.2) is 0 Å². The van der Waals surface area contributed by atoms with E-state index in [4.69, 9.17) is 4.98 Å². The van der Waals surface area contributed by atoms with Gasteiger partial charge >= 0.3 is 21.1 Å². The van der Waals surface area contributed by atoms with Gasteiger partial charge in [0, 0.05) is 18.8 Å². The van der Waals surface area contributed by atoms with E-state index in [1.54, 1.807) is 0 Å². The Labute approximate surface area is 293 Å². The Morgan fingerprint density at radius 1 is 0.562 bits per heavy atom. The van der Waals surface area contributed by atoms with Crippen LogP contribution < -0.4 is 0 Å². The minimum atomic E-state index is 0. The molecule has 48 heavy (non-hydrogen) atoms. The van der Waals surface area contributed by atoms with Gasteiger partial charge in [-0.1, -0.05) is 114 Å². The zero-order valence-electron chi connectivity index (χ0n) is 26.0. The normalized spacial score (nSPS) is 11.3. The van der Waals surface area contributed by atoms with Gasteiger partial charge in [0.05, 0.1) is 16.9 Å². The molecule has 3 aromatic heterocycles. The molecule has 0 radical (unpaired) electrons. The van der Waals surface area contributed by atoms with Crippen molar-refractivity contribution in [2.45, 2.75) is 0 Å². The molecule has 4 nitrogen and oxygen atoms in total. The number of imidazole rings is 1. The molecule has 0 N–H and O–H groups in total. The number of aromatic nitrogens is 4. The van der Waals surface area contributed by atoms with Crippen molar-refractivity contribution in [2.75, 3.05) is 0 Å². The maximum atomic E-state index is 5.02. The number of para-hydroxylation sites is 2. The van der Waals surface area contributed by atoms with Gasteiger partial charge in [0.1, 0.15) is 0 Å². The molecule has 3 heterocycles. The molecule has 6 aromatic carbocycles. The van der Waals surface area contributed by atoms with Crippen molar-refractivity contribution in [3.63, 3.8) is 0 Å². The van der Waals surface area contributed by atoms with Crippen molar-refractivity contribution in [3.8, 4) is 50.6 Å². The molecule has 9 aromatic rings. The van der Waals surface area contributed by atoms with Crippen LogP contribution in [0, 0.1) is 12.1 Å². The zero-order valence-corrected chi connectivity index (χ0v) is 28.3. The van der Waals surface area contributed by atoms with Crippen molar-refractivity contribution in [3.05, 3.63) is 164 Å². The first-order chi connectivity index (χ1) is 23.2. The van der Waals surface area contributed by atoms with E-state index in [2.05, 4.69) is 155 Å². The third-order valence-corrected chi connectivity index (χ3v) is 8.99. The van der Waals surface area contributed by atoms with Crippen LogP contribution in [0.25, 0.3) is 83.4 Å². The average Bonchev–Trinajstić information content (AvgIpc) is 3.66. The molecule has 0 aliphatic heterocycles. The van der Waals surface area contributed by atoms with Crippen LogP contribution in [-0.2, 0) is 28.1 Å². The molecule has 0 atom stereocenters. The van der Waals surface area contributed by atoms with Gasteiger partial charge in [-0.15, -0.1) is 47.5 Å². The van der Waals surface area contributed by atoms with Crippen LogP contribution in [-0.4, -0.2) is 19.1 Å². The molecule has 0 unspecified atom stereocenters. The van der Waals surface area contributed by atoms with E-state index in [0.29, 0.717) is 0 Å². The number of nitrogens with zero attached hydrogens (tertiary/aromatic N) is 4. The SMILES string of the molecule is Cn1c(-c2[c-]c3c(cc2)c2cc(-c4ccccc4)ccc2n3-c2[c-]c(-c3ccccn3)ccc2-c2ccccc2)nc2ccccc21.[Pt+2]. The molecule has 9 rings (SSSR count). The smallest absolute Gasteiger partial charge is 0.367 e. The van der Waals surface area contributed by atoms with Gasteiger partial charge in [-0.3, -0.25) is 4.98 Å². The standard InChI is InChI=1S/C43H28N4.Pt/c1-46-40-18-9-8-17-38(40)45-43(46)33-20-23-35-36-26-31(29-12-4-2-5-13-29)21-24-39(36)47(42(35)28-33)41-27-32(37-16-10-11-25-44-37)19-22-34(41)30-14-6-3-7-15-30;/h2-26H,1H3;/q-2;+2. The van der Waals surface area contributed by atoms with Crippen molar-refractivity contribution >= 4 is 32.8 Å². The Bertz CT molecular complexity index is 2570. The molecule has 0 fully saturated rings. The Morgan fingerprint density at radius 3 is 2.06 bits per heavy atom. The maximum absolute atomic E-state index is 5.02. The summed E-state index contributed by atoms with van der Waals surface area (Å²) in [4.78, 5) is 9.69. The number of hydrogen-bond donors (Lipinski definition) is 0. The Balaban J connectivity index is 0.00000336. The van der Waals surface area contributed by atoms with E-state index in [1.165, 1.54) is 11.1 Å². The van der Waals surface area contributed by atoms with Crippen LogP contribution in [0.15, 0.2) is 152 Å². The second-order valence-electron chi connectivity index (χ2n) is 11.8. The average molecular weight is 796 g/mol. The van der Waals surface area contributed by atoms with E-state index in [0.717, 1.165) is 72.3 Å². The molecule has 0 aliphatic carbocycles. The van der Waals surface area contributed by atoms with Crippen LogP contribution >= 0.6 is 0 Å². The molecule has 0 amide bonds. The van der Waals surface area contributed by atoms with Crippen LogP contribution in [0.1, 0.15) is 0 Å². The second kappa shape index (κ2) is 12.2. The Kier molecular flexibility index (Phi) is 7.59. The number of benzene rings is 6. The number of rotatable bonds is 5. The van der Waals surface area contributed by atoms with E-state index in [-0.39, 0.29) is 21.1 Å². The fraction of sp³-hybridized carbons (Fsp3) is 0.0233. The molecular weight excluding hydrogens is 768 g/mol. The van der Waals surface area contributed by atoms with Gasteiger partial charge < -0.3 is 14.1 Å². The van der Waals surface area contributed by atoms with E-state index in [1.807, 2.05) is 30.5 Å². The Morgan fingerprint density at radius 2 is 1.29 bits per heavy atom. The number of hydrogen-bond acceptors (Lipinski definition) is 2. The van der Waals surface area contributed by atoms with Crippen LogP contribution in [0.4, 0.5) is 0 Å². The van der Waals surface area contributed by atoms with Gasteiger partial charge in [-0.25, -0.2) is 0 Å². The number of pyridine rings is 1. The third kappa shape index (κ3) is 4.97. The number of fused-ring (bicyclic) bond motifs is 4. The van der Waals surface area contributed by atoms with Crippen LogP contribution in [0.2, 0.25) is 0 Å². The van der Waals surface area contributed by atoms with Crippen LogP contribution in [0.3, 0.4) is 0 Å². The monoisotopic (exact) mass is 795 g/mol. The summed E-state index contributed by atoms with van der Waals surface area (Å²) in [7, 11) is 2.07. The predicted octanol–water partition coefficient (Wildman–Crippen LogP) is 10.3. The molecule has 0 spiro atoms. The largest absolute Gasteiger partial charge is 2.00 e. The van der Waals surface area contributed by atoms with E-state index >= 15 is 0 Å². The molecule has 230 valence electrons. The molecule has 0 bridgehead atoms. The molecule has 0 aliphatic rings. The summed E-state index contributed by atoms with van der Waals surface area (Å²) in [6.07, 6.45) is 1.83. The van der Waals surface area contributed by atoms with E-state index < -0.39 is 0 Å². The fourth-order valence-corrected chi connectivity index (χ4v) is 6.68. The quantitative estimate of drug-likeness (QED) is 0.163. The third-order valence-electron chi connectivity index (χ3n) is 8.99. The summed E-state index contributed by atoms with van der Waals surface area (Å²) < 4.78 is 4.47. The van der Waals surface area contributed by atoms with Gasteiger partial charge in [0.25, 0.3) is 0 Å². The molecule has 5 heteroatoms. The van der Waals surface area contributed by atoms with Gasteiger partial charge in [-0.2, -0.15) is 0 Å². The van der Waals surface area contributed by atoms with Gasteiger partial charge in [0.2, 0.25) is 0 Å². The van der Waals surface area contributed by atoms with Crippen molar-refractivity contribution < 1.29 is 21.1 Å². The summed E-state index contributed by atoms with van der Waals surface area (Å²) >= 11 is 0. The fourth-order valence-electron chi connectivity index (χ4n) is 6.68. The summed E-state index contributed by atoms with van der Waals surface area (Å²) in [5.74, 6) is 0.879.